The maximum absolute atomic E-state index is 13.9. The van der Waals surface area contributed by atoms with Crippen molar-refractivity contribution >= 4 is 18.5 Å². The van der Waals surface area contributed by atoms with Gasteiger partial charge in [0.25, 0.3) is 5.91 Å². The lowest BCUT2D eigenvalue weighted by atomic mass is 9.53. The Labute approximate surface area is 129 Å². The largest absolute Gasteiger partial charge is 0.346 e. The Morgan fingerprint density at radius 1 is 1.14 bits per heavy atom. The van der Waals surface area contributed by atoms with E-state index in [0.29, 0.717) is 4.90 Å². The summed E-state index contributed by atoms with van der Waals surface area (Å²) in [5.74, 6) is 1.55. The minimum atomic E-state index is -0.463. The van der Waals surface area contributed by atoms with Gasteiger partial charge in [-0.15, -0.1) is 12.6 Å². The first-order chi connectivity index (χ1) is 10.0. The van der Waals surface area contributed by atoms with Gasteiger partial charge in [-0.1, -0.05) is 0 Å². The average molecular weight is 305 g/mol. The van der Waals surface area contributed by atoms with Crippen molar-refractivity contribution in [2.75, 3.05) is 0 Å². The SMILES string of the molecule is O=C(NC12CC3CC(CC(C3)C1)C2)c1cc(S)ccc1F. The number of rotatable bonds is 2. The summed E-state index contributed by atoms with van der Waals surface area (Å²) in [6.07, 6.45) is 7.22. The van der Waals surface area contributed by atoms with Crippen LogP contribution in [0.15, 0.2) is 23.1 Å². The molecule has 0 radical (unpaired) electrons. The number of amides is 1. The Kier molecular flexibility index (Phi) is 3.07. The van der Waals surface area contributed by atoms with E-state index < -0.39 is 5.82 Å². The van der Waals surface area contributed by atoms with Crippen LogP contribution in [0.3, 0.4) is 0 Å². The first kappa shape index (κ1) is 13.6. The summed E-state index contributed by atoms with van der Waals surface area (Å²) >= 11 is 4.21. The molecule has 1 N–H and O–H groups in total. The summed E-state index contributed by atoms with van der Waals surface area (Å²) in [6, 6.07) is 4.41. The Morgan fingerprint density at radius 2 is 1.71 bits per heavy atom. The molecule has 0 saturated heterocycles. The number of carbonyl (C=O) groups is 1. The van der Waals surface area contributed by atoms with Crippen LogP contribution in [0, 0.1) is 23.6 Å². The highest BCUT2D eigenvalue weighted by Crippen LogP contribution is 2.55. The third-order valence-corrected chi connectivity index (χ3v) is 5.89. The van der Waals surface area contributed by atoms with Gasteiger partial charge in [-0.2, -0.15) is 0 Å². The highest BCUT2D eigenvalue weighted by molar-refractivity contribution is 7.80. The zero-order valence-corrected chi connectivity index (χ0v) is 12.8. The molecule has 4 aliphatic rings. The van der Waals surface area contributed by atoms with Crippen LogP contribution in [0.5, 0.6) is 0 Å². The van der Waals surface area contributed by atoms with Crippen molar-refractivity contribution in [2.24, 2.45) is 17.8 Å². The normalized spacial score (nSPS) is 36.8. The third kappa shape index (κ3) is 2.37. The van der Waals surface area contributed by atoms with Crippen LogP contribution in [0.25, 0.3) is 0 Å². The predicted octanol–water partition coefficient (Wildman–Crippen LogP) is 3.81. The van der Waals surface area contributed by atoms with Gasteiger partial charge < -0.3 is 5.32 Å². The number of nitrogens with one attached hydrogen (secondary N) is 1. The number of hydrogen-bond donors (Lipinski definition) is 2. The minimum Gasteiger partial charge on any atom is -0.346 e. The smallest absolute Gasteiger partial charge is 0.254 e. The molecule has 4 bridgehead atoms. The van der Waals surface area contributed by atoms with Crippen LogP contribution in [-0.2, 0) is 0 Å². The molecule has 0 aromatic heterocycles. The van der Waals surface area contributed by atoms with Crippen molar-refractivity contribution in [1.82, 2.24) is 5.32 Å². The highest BCUT2D eigenvalue weighted by atomic mass is 32.1. The zero-order chi connectivity index (χ0) is 14.6. The van der Waals surface area contributed by atoms with Crippen molar-refractivity contribution in [1.29, 1.82) is 0 Å². The summed E-state index contributed by atoms with van der Waals surface area (Å²) in [5.41, 5.74) is 0.0449. The van der Waals surface area contributed by atoms with E-state index in [9.17, 15) is 9.18 Å². The molecule has 2 nitrogen and oxygen atoms in total. The molecule has 4 fully saturated rings. The second kappa shape index (κ2) is 4.73. The van der Waals surface area contributed by atoms with Crippen molar-refractivity contribution in [3.8, 4) is 0 Å². The van der Waals surface area contributed by atoms with Gasteiger partial charge in [-0.25, -0.2) is 4.39 Å². The lowest BCUT2D eigenvalue weighted by Gasteiger charge is -2.56. The third-order valence-electron chi connectivity index (χ3n) is 5.61. The van der Waals surface area contributed by atoms with E-state index in [1.165, 1.54) is 31.4 Å². The van der Waals surface area contributed by atoms with Crippen LogP contribution in [-0.4, -0.2) is 11.4 Å². The second-order valence-electron chi connectivity index (χ2n) is 7.32. The van der Waals surface area contributed by atoms with E-state index in [4.69, 9.17) is 0 Å². The lowest BCUT2D eigenvalue weighted by molar-refractivity contribution is -0.0167. The molecule has 1 aromatic rings. The van der Waals surface area contributed by atoms with Crippen LogP contribution >= 0.6 is 12.6 Å². The molecule has 4 saturated carbocycles. The van der Waals surface area contributed by atoms with Crippen LogP contribution in [0.2, 0.25) is 0 Å². The standard InChI is InChI=1S/C17H20FNOS/c18-15-2-1-13(21)6-14(15)16(20)19-17-7-10-3-11(8-17)5-12(4-10)9-17/h1-2,6,10-12,21H,3-5,7-9H2,(H,19,20). The Morgan fingerprint density at radius 3 is 2.29 bits per heavy atom. The van der Waals surface area contributed by atoms with Gasteiger partial charge in [0.1, 0.15) is 5.82 Å². The molecular formula is C17H20FNOS. The van der Waals surface area contributed by atoms with E-state index in [1.807, 2.05) is 0 Å². The monoisotopic (exact) mass is 305 g/mol. The molecule has 4 aliphatic carbocycles. The summed E-state index contributed by atoms with van der Waals surface area (Å²) in [5, 5.41) is 3.20. The van der Waals surface area contributed by atoms with Crippen molar-refractivity contribution in [2.45, 2.75) is 49.0 Å². The molecule has 1 aromatic carbocycles. The summed E-state index contributed by atoms with van der Waals surface area (Å²) in [4.78, 5) is 13.1. The molecule has 0 spiro atoms. The fourth-order valence-corrected chi connectivity index (χ4v) is 5.46. The summed E-state index contributed by atoms with van der Waals surface area (Å²) in [7, 11) is 0. The number of benzene rings is 1. The molecule has 0 atom stereocenters. The van der Waals surface area contributed by atoms with E-state index in [0.717, 1.165) is 37.0 Å². The van der Waals surface area contributed by atoms with E-state index >= 15 is 0 Å². The zero-order valence-electron chi connectivity index (χ0n) is 11.9. The maximum Gasteiger partial charge on any atom is 0.254 e. The summed E-state index contributed by atoms with van der Waals surface area (Å²) in [6.45, 7) is 0. The van der Waals surface area contributed by atoms with Crippen LogP contribution < -0.4 is 5.32 Å². The second-order valence-corrected chi connectivity index (χ2v) is 7.83. The Hall–Kier alpha value is -1.03. The quantitative estimate of drug-likeness (QED) is 0.799. The maximum atomic E-state index is 13.9. The number of carbonyl (C=O) groups excluding carboxylic acids is 1. The Bertz CT molecular complexity index is 565. The predicted molar refractivity (Wildman–Crippen MR) is 82.0 cm³/mol. The number of thiol groups is 1. The van der Waals surface area contributed by atoms with E-state index in [-0.39, 0.29) is 17.0 Å². The van der Waals surface area contributed by atoms with E-state index in [2.05, 4.69) is 17.9 Å². The van der Waals surface area contributed by atoms with Crippen LogP contribution in [0.1, 0.15) is 48.9 Å². The first-order valence-electron chi connectivity index (χ1n) is 7.84. The number of halogens is 1. The van der Waals surface area contributed by atoms with Crippen LogP contribution in [0.4, 0.5) is 4.39 Å². The van der Waals surface area contributed by atoms with Crippen molar-refractivity contribution in [3.05, 3.63) is 29.6 Å². The van der Waals surface area contributed by atoms with Gasteiger partial charge in [0.15, 0.2) is 0 Å². The molecular weight excluding hydrogens is 285 g/mol. The van der Waals surface area contributed by atoms with Crippen molar-refractivity contribution in [3.63, 3.8) is 0 Å². The van der Waals surface area contributed by atoms with Crippen molar-refractivity contribution < 1.29 is 9.18 Å². The molecule has 1 amide bonds. The molecule has 112 valence electrons. The van der Waals surface area contributed by atoms with Gasteiger partial charge in [-0.3, -0.25) is 4.79 Å². The highest BCUT2D eigenvalue weighted by Gasteiger charge is 2.51. The van der Waals surface area contributed by atoms with Gasteiger partial charge in [0.2, 0.25) is 0 Å². The van der Waals surface area contributed by atoms with Gasteiger partial charge in [-0.05, 0) is 74.5 Å². The summed E-state index contributed by atoms with van der Waals surface area (Å²) < 4.78 is 13.9. The fraction of sp³-hybridized carbons (Fsp3) is 0.588. The number of hydrogen-bond acceptors (Lipinski definition) is 2. The van der Waals surface area contributed by atoms with Gasteiger partial charge >= 0.3 is 0 Å². The Balaban J connectivity index is 1.58. The fourth-order valence-electron chi connectivity index (χ4n) is 5.26. The average Bonchev–Trinajstić information content (AvgIpc) is 2.39. The first-order valence-corrected chi connectivity index (χ1v) is 8.29. The molecule has 4 heteroatoms. The topological polar surface area (TPSA) is 29.1 Å². The molecule has 0 aliphatic heterocycles. The van der Waals surface area contributed by atoms with E-state index in [1.54, 1.807) is 6.07 Å². The lowest BCUT2D eigenvalue weighted by Crippen LogP contribution is -2.59. The minimum absolute atomic E-state index is 0.0785. The van der Waals surface area contributed by atoms with Gasteiger partial charge in [0.05, 0.1) is 5.56 Å². The molecule has 21 heavy (non-hydrogen) atoms. The molecule has 0 heterocycles. The molecule has 5 rings (SSSR count). The van der Waals surface area contributed by atoms with Gasteiger partial charge in [0, 0.05) is 10.4 Å². The molecule has 0 unspecified atom stereocenters.